The highest BCUT2D eigenvalue weighted by Crippen LogP contribution is 2.75. The molecule has 5 aliphatic carbocycles. The van der Waals surface area contributed by atoms with E-state index in [1.807, 2.05) is 30.3 Å². The zero-order valence-electron chi connectivity index (χ0n) is 28.4. The van der Waals surface area contributed by atoms with E-state index in [9.17, 15) is 14.4 Å². The molecule has 0 unspecified atom stereocenters. The number of carbonyl (C=O) groups is 3. The summed E-state index contributed by atoms with van der Waals surface area (Å²) in [5, 5.41) is 0. The third-order valence-corrected chi connectivity index (χ3v) is 14.5. The number of ether oxygens (including phenoxy) is 2. The molecule has 4 saturated carbocycles. The Morgan fingerprint density at radius 3 is 2.23 bits per heavy atom. The Bertz CT molecular complexity index is 1380. The van der Waals surface area contributed by atoms with Gasteiger partial charge in [0.15, 0.2) is 5.78 Å². The number of hydrogen-bond acceptors (Lipinski definition) is 5. The lowest BCUT2D eigenvalue weighted by atomic mass is 9.33. The minimum Gasteiger partial charge on any atom is -0.462 e. The largest absolute Gasteiger partial charge is 0.462 e. The Labute approximate surface area is 264 Å². The second kappa shape index (κ2) is 10.3. The van der Waals surface area contributed by atoms with E-state index in [0.29, 0.717) is 12.5 Å². The number of esters is 2. The van der Waals surface area contributed by atoms with Gasteiger partial charge in [-0.1, -0.05) is 77.4 Å². The molecule has 5 aliphatic rings. The number of fused-ring (bicyclic) bond motifs is 7. The van der Waals surface area contributed by atoms with Crippen LogP contribution in [0.4, 0.5) is 0 Å². The van der Waals surface area contributed by atoms with E-state index in [1.165, 1.54) is 12.5 Å². The Hall–Kier alpha value is -2.43. The summed E-state index contributed by atoms with van der Waals surface area (Å²) < 4.78 is 11.8. The summed E-state index contributed by atoms with van der Waals surface area (Å²) in [6.07, 6.45) is 10.4. The zero-order valence-corrected chi connectivity index (χ0v) is 28.4. The van der Waals surface area contributed by atoms with Gasteiger partial charge in [-0.25, -0.2) is 0 Å². The summed E-state index contributed by atoms with van der Waals surface area (Å²) in [7, 11) is 0. The second-order valence-electron chi connectivity index (χ2n) is 17.3. The summed E-state index contributed by atoms with van der Waals surface area (Å²) in [6.45, 7) is 18.1. The van der Waals surface area contributed by atoms with Crippen molar-refractivity contribution in [3.05, 3.63) is 47.5 Å². The average molecular weight is 603 g/mol. The van der Waals surface area contributed by atoms with Gasteiger partial charge in [0, 0.05) is 18.3 Å². The average Bonchev–Trinajstić information content (AvgIpc) is 2.95. The zero-order chi connectivity index (χ0) is 31.9. The molecule has 44 heavy (non-hydrogen) atoms. The summed E-state index contributed by atoms with van der Waals surface area (Å²) in [6, 6.07) is 9.91. The fourth-order valence-electron chi connectivity index (χ4n) is 11.6. The Balaban J connectivity index is 1.32. The predicted molar refractivity (Wildman–Crippen MR) is 171 cm³/mol. The van der Waals surface area contributed by atoms with Gasteiger partial charge in [0.25, 0.3) is 0 Å². The van der Waals surface area contributed by atoms with Crippen molar-refractivity contribution in [1.82, 2.24) is 0 Å². The first-order chi connectivity index (χ1) is 20.5. The third kappa shape index (κ3) is 4.48. The highest BCUT2D eigenvalue weighted by molar-refractivity contribution is 5.95. The van der Waals surface area contributed by atoms with Gasteiger partial charge in [-0.3, -0.25) is 14.4 Å². The molecule has 5 heteroatoms. The highest BCUT2D eigenvalue weighted by Gasteiger charge is 2.70. The van der Waals surface area contributed by atoms with Crippen molar-refractivity contribution < 1.29 is 23.9 Å². The van der Waals surface area contributed by atoms with Crippen molar-refractivity contribution >= 4 is 17.7 Å². The number of rotatable bonds is 4. The molecular formula is C39H54O5. The van der Waals surface area contributed by atoms with Crippen LogP contribution in [0.2, 0.25) is 0 Å². The number of carbonyl (C=O) groups excluding carboxylic acids is 3. The molecule has 0 heterocycles. The van der Waals surface area contributed by atoms with E-state index in [1.54, 1.807) is 0 Å². The molecule has 1 aromatic rings. The molecule has 0 amide bonds. The molecule has 0 saturated heterocycles. The van der Waals surface area contributed by atoms with Crippen LogP contribution >= 0.6 is 0 Å². The Morgan fingerprint density at radius 2 is 1.55 bits per heavy atom. The van der Waals surface area contributed by atoms with Crippen LogP contribution in [0.25, 0.3) is 0 Å². The van der Waals surface area contributed by atoms with Crippen LogP contribution in [-0.2, 0) is 30.5 Å². The standard InChI is InChI=1S/C39H54O5/c1-25(40)44-31-15-16-37(6)30(34(31,2)3)14-17-39(8)32(37)29(41)22-27-28-23-36(5,19-18-35(28,4)20-21-38(27,39)7)33(42)43-24-26-12-10-9-11-13-26/h9-13,22,28,30-32H,14-21,23-24H2,1-8H3/t28-,30-,31-,32+,35+,36-,37-,38+,39+/m0/s1. The SMILES string of the molecule is CC(=O)O[C@H]1CC[C@]2(C)[C@H]3C(=O)C=C4[C@@H]5C[C@@](C)(C(=O)OCc6ccccc6)CC[C@]5(C)CC[C@@]4(C)[C@]3(C)CC[C@H]2C1(C)C. The molecule has 0 aliphatic heterocycles. The maximum Gasteiger partial charge on any atom is 0.312 e. The molecule has 240 valence electrons. The lowest BCUT2D eigenvalue weighted by Crippen LogP contribution is -2.66. The highest BCUT2D eigenvalue weighted by atomic mass is 16.5. The molecule has 1 aromatic carbocycles. The molecule has 0 radical (unpaired) electrons. The van der Waals surface area contributed by atoms with Crippen molar-refractivity contribution in [3.63, 3.8) is 0 Å². The van der Waals surface area contributed by atoms with E-state index in [4.69, 9.17) is 9.47 Å². The lowest BCUT2D eigenvalue weighted by Gasteiger charge is -2.70. The van der Waals surface area contributed by atoms with E-state index in [2.05, 4.69) is 54.5 Å². The van der Waals surface area contributed by atoms with E-state index in [-0.39, 0.29) is 62.7 Å². The van der Waals surface area contributed by atoms with E-state index < -0.39 is 5.41 Å². The van der Waals surface area contributed by atoms with Gasteiger partial charge >= 0.3 is 11.9 Å². The Kier molecular flexibility index (Phi) is 7.38. The quantitative estimate of drug-likeness (QED) is 0.323. The smallest absolute Gasteiger partial charge is 0.312 e. The van der Waals surface area contributed by atoms with Gasteiger partial charge in [0.2, 0.25) is 0 Å². The predicted octanol–water partition coefficient (Wildman–Crippen LogP) is 8.64. The monoisotopic (exact) mass is 602 g/mol. The van der Waals surface area contributed by atoms with Crippen molar-refractivity contribution in [2.24, 2.45) is 50.2 Å². The molecule has 0 bridgehead atoms. The minimum absolute atomic E-state index is 0.0600. The number of benzene rings is 1. The second-order valence-corrected chi connectivity index (χ2v) is 17.3. The van der Waals surface area contributed by atoms with Gasteiger partial charge in [-0.15, -0.1) is 0 Å². The van der Waals surface area contributed by atoms with Crippen LogP contribution in [0.3, 0.4) is 0 Å². The van der Waals surface area contributed by atoms with Crippen molar-refractivity contribution in [1.29, 1.82) is 0 Å². The van der Waals surface area contributed by atoms with Crippen LogP contribution in [-0.4, -0.2) is 23.8 Å². The third-order valence-electron chi connectivity index (χ3n) is 14.5. The first kappa shape index (κ1) is 31.5. The topological polar surface area (TPSA) is 69.7 Å². The van der Waals surface area contributed by atoms with Gasteiger partial charge in [0.1, 0.15) is 12.7 Å². The van der Waals surface area contributed by atoms with E-state index >= 15 is 0 Å². The maximum atomic E-state index is 14.6. The summed E-state index contributed by atoms with van der Waals surface area (Å²) in [4.78, 5) is 40.3. The van der Waals surface area contributed by atoms with E-state index in [0.717, 1.165) is 63.4 Å². The van der Waals surface area contributed by atoms with Crippen LogP contribution in [0, 0.1) is 50.2 Å². The first-order valence-corrected chi connectivity index (χ1v) is 17.1. The molecule has 5 nitrogen and oxygen atoms in total. The van der Waals surface area contributed by atoms with Crippen LogP contribution in [0.15, 0.2) is 42.0 Å². The number of hydrogen-bond donors (Lipinski definition) is 0. The molecular weight excluding hydrogens is 548 g/mol. The molecule has 9 atom stereocenters. The fourth-order valence-corrected chi connectivity index (χ4v) is 11.6. The van der Waals surface area contributed by atoms with Crippen LogP contribution < -0.4 is 0 Å². The molecule has 0 spiro atoms. The maximum absolute atomic E-state index is 14.6. The number of allylic oxidation sites excluding steroid dienone is 2. The van der Waals surface area contributed by atoms with Crippen molar-refractivity contribution in [3.8, 4) is 0 Å². The fraction of sp³-hybridized carbons (Fsp3) is 0.718. The summed E-state index contributed by atoms with van der Waals surface area (Å²) >= 11 is 0. The summed E-state index contributed by atoms with van der Waals surface area (Å²) in [5.41, 5.74) is 1.22. The van der Waals surface area contributed by atoms with Crippen molar-refractivity contribution in [2.75, 3.05) is 0 Å². The molecule has 0 N–H and O–H groups in total. The number of ketones is 1. The first-order valence-electron chi connectivity index (χ1n) is 17.1. The van der Waals surface area contributed by atoms with Crippen molar-refractivity contribution in [2.45, 2.75) is 126 Å². The van der Waals surface area contributed by atoms with Crippen LogP contribution in [0.1, 0.15) is 119 Å². The van der Waals surface area contributed by atoms with Gasteiger partial charge in [-0.2, -0.15) is 0 Å². The molecule has 6 rings (SSSR count). The summed E-state index contributed by atoms with van der Waals surface area (Å²) in [5.74, 6) is 0.400. The normalized spacial score (nSPS) is 44.2. The van der Waals surface area contributed by atoms with Gasteiger partial charge in [-0.05, 0) is 110 Å². The Morgan fingerprint density at radius 1 is 0.864 bits per heavy atom. The molecule has 0 aromatic heterocycles. The molecule has 4 fully saturated rings. The van der Waals surface area contributed by atoms with Crippen LogP contribution in [0.5, 0.6) is 0 Å². The van der Waals surface area contributed by atoms with Gasteiger partial charge < -0.3 is 9.47 Å². The van der Waals surface area contributed by atoms with Gasteiger partial charge in [0.05, 0.1) is 5.41 Å². The lowest BCUT2D eigenvalue weighted by molar-refractivity contribution is -0.210. The minimum atomic E-state index is -0.568.